The summed E-state index contributed by atoms with van der Waals surface area (Å²) in [4.78, 5) is 2.59. The normalized spacial score (nSPS) is 31.4. The van der Waals surface area contributed by atoms with Crippen LogP contribution in [0.3, 0.4) is 0 Å². The standard InChI is InChI=1S/C16H24N2/c1-13-8-11-18(12-16(2)9-5-10-17-16)15-7-4-3-6-14(13)15/h3-4,6-7,13,17H,5,8-12H2,1-2H3. The summed E-state index contributed by atoms with van der Waals surface area (Å²) >= 11 is 0. The van der Waals surface area contributed by atoms with Crippen molar-refractivity contribution in [2.75, 3.05) is 24.5 Å². The molecule has 2 heteroatoms. The predicted octanol–water partition coefficient (Wildman–Crippen LogP) is 3.14. The topological polar surface area (TPSA) is 15.3 Å². The Bertz CT molecular complexity index is 421. The molecule has 0 bridgehead atoms. The number of nitrogens with one attached hydrogen (secondary N) is 1. The summed E-state index contributed by atoms with van der Waals surface area (Å²) in [6, 6.07) is 8.95. The Morgan fingerprint density at radius 1 is 1.39 bits per heavy atom. The smallest absolute Gasteiger partial charge is 0.0402 e. The largest absolute Gasteiger partial charge is 0.369 e. The number of nitrogens with zero attached hydrogens (tertiary/aromatic N) is 1. The second-order valence-corrected chi connectivity index (χ2v) is 6.26. The summed E-state index contributed by atoms with van der Waals surface area (Å²) in [6.07, 6.45) is 3.91. The molecule has 0 spiro atoms. The first-order valence-corrected chi connectivity index (χ1v) is 7.27. The van der Waals surface area contributed by atoms with E-state index in [0.29, 0.717) is 11.5 Å². The zero-order chi connectivity index (χ0) is 12.6. The molecule has 98 valence electrons. The van der Waals surface area contributed by atoms with Gasteiger partial charge in [-0.2, -0.15) is 0 Å². The van der Waals surface area contributed by atoms with E-state index in [1.165, 1.54) is 43.6 Å². The van der Waals surface area contributed by atoms with Gasteiger partial charge in [0.1, 0.15) is 0 Å². The molecule has 1 saturated heterocycles. The summed E-state index contributed by atoms with van der Waals surface area (Å²) < 4.78 is 0. The number of fused-ring (bicyclic) bond motifs is 1. The van der Waals surface area contributed by atoms with Crippen LogP contribution in [0.25, 0.3) is 0 Å². The maximum atomic E-state index is 3.68. The van der Waals surface area contributed by atoms with E-state index in [0.717, 1.165) is 6.54 Å². The average molecular weight is 244 g/mol. The molecule has 3 rings (SSSR count). The van der Waals surface area contributed by atoms with Crippen molar-refractivity contribution in [2.24, 2.45) is 0 Å². The Morgan fingerprint density at radius 3 is 3.00 bits per heavy atom. The number of benzene rings is 1. The van der Waals surface area contributed by atoms with Crippen LogP contribution in [0.4, 0.5) is 5.69 Å². The molecular weight excluding hydrogens is 220 g/mol. The van der Waals surface area contributed by atoms with Crippen LogP contribution in [-0.2, 0) is 0 Å². The van der Waals surface area contributed by atoms with Crippen LogP contribution in [0.5, 0.6) is 0 Å². The Kier molecular flexibility index (Phi) is 3.06. The van der Waals surface area contributed by atoms with Gasteiger partial charge in [0, 0.05) is 24.3 Å². The Morgan fingerprint density at radius 2 is 2.22 bits per heavy atom. The van der Waals surface area contributed by atoms with Crippen LogP contribution in [0.1, 0.15) is 44.6 Å². The monoisotopic (exact) mass is 244 g/mol. The highest BCUT2D eigenvalue weighted by atomic mass is 15.2. The molecule has 2 unspecified atom stereocenters. The molecule has 2 nitrogen and oxygen atoms in total. The fraction of sp³-hybridized carbons (Fsp3) is 0.625. The lowest BCUT2D eigenvalue weighted by molar-refractivity contribution is 0.404. The highest BCUT2D eigenvalue weighted by Crippen LogP contribution is 2.36. The summed E-state index contributed by atoms with van der Waals surface area (Å²) in [5.74, 6) is 0.710. The fourth-order valence-electron chi connectivity index (χ4n) is 3.50. The third-order valence-corrected chi connectivity index (χ3v) is 4.64. The molecule has 0 amide bonds. The number of hydrogen-bond acceptors (Lipinski definition) is 2. The minimum atomic E-state index is 0.313. The van der Waals surface area contributed by atoms with Crippen molar-refractivity contribution < 1.29 is 0 Å². The van der Waals surface area contributed by atoms with Crippen molar-refractivity contribution in [1.82, 2.24) is 5.32 Å². The van der Waals surface area contributed by atoms with Crippen molar-refractivity contribution in [1.29, 1.82) is 0 Å². The van der Waals surface area contributed by atoms with Crippen molar-refractivity contribution >= 4 is 5.69 Å². The van der Waals surface area contributed by atoms with Gasteiger partial charge >= 0.3 is 0 Å². The van der Waals surface area contributed by atoms with E-state index in [-0.39, 0.29) is 0 Å². The summed E-state index contributed by atoms with van der Waals surface area (Å²) in [7, 11) is 0. The third kappa shape index (κ3) is 2.14. The van der Waals surface area contributed by atoms with Gasteiger partial charge < -0.3 is 10.2 Å². The highest BCUT2D eigenvalue weighted by Gasteiger charge is 2.32. The molecular formula is C16H24N2. The van der Waals surface area contributed by atoms with Gasteiger partial charge in [-0.05, 0) is 50.3 Å². The van der Waals surface area contributed by atoms with E-state index in [1.807, 2.05) is 0 Å². The van der Waals surface area contributed by atoms with Crippen molar-refractivity contribution in [3.63, 3.8) is 0 Å². The average Bonchev–Trinajstić information content (AvgIpc) is 2.80. The minimum Gasteiger partial charge on any atom is -0.369 e. The molecule has 1 fully saturated rings. The van der Waals surface area contributed by atoms with Gasteiger partial charge in [0.15, 0.2) is 0 Å². The number of para-hydroxylation sites is 1. The van der Waals surface area contributed by atoms with E-state index < -0.39 is 0 Å². The lowest BCUT2D eigenvalue weighted by atomic mass is 9.90. The second-order valence-electron chi connectivity index (χ2n) is 6.26. The third-order valence-electron chi connectivity index (χ3n) is 4.64. The Balaban J connectivity index is 1.84. The molecule has 0 aromatic heterocycles. The van der Waals surface area contributed by atoms with E-state index >= 15 is 0 Å². The number of hydrogen-bond donors (Lipinski definition) is 1. The van der Waals surface area contributed by atoms with Crippen LogP contribution in [0.2, 0.25) is 0 Å². The molecule has 2 heterocycles. The lowest BCUT2D eigenvalue weighted by Crippen LogP contribution is -2.49. The van der Waals surface area contributed by atoms with Gasteiger partial charge in [0.05, 0.1) is 0 Å². The SMILES string of the molecule is CC1CCN(CC2(C)CCCN2)c2ccccc21. The summed E-state index contributed by atoms with van der Waals surface area (Å²) in [5.41, 5.74) is 3.31. The molecule has 0 aliphatic carbocycles. The molecule has 2 aliphatic heterocycles. The number of anilines is 1. The van der Waals surface area contributed by atoms with Gasteiger partial charge in [-0.15, -0.1) is 0 Å². The molecule has 1 N–H and O–H groups in total. The first-order valence-electron chi connectivity index (χ1n) is 7.27. The van der Waals surface area contributed by atoms with Gasteiger partial charge in [0.2, 0.25) is 0 Å². The zero-order valence-electron chi connectivity index (χ0n) is 11.6. The predicted molar refractivity (Wildman–Crippen MR) is 77.3 cm³/mol. The highest BCUT2D eigenvalue weighted by molar-refractivity contribution is 5.57. The van der Waals surface area contributed by atoms with Gasteiger partial charge in [-0.3, -0.25) is 0 Å². The quantitative estimate of drug-likeness (QED) is 0.860. The number of rotatable bonds is 2. The van der Waals surface area contributed by atoms with Crippen molar-refractivity contribution in [2.45, 2.75) is 44.6 Å². The molecule has 0 saturated carbocycles. The van der Waals surface area contributed by atoms with E-state index in [4.69, 9.17) is 0 Å². The van der Waals surface area contributed by atoms with Gasteiger partial charge in [0.25, 0.3) is 0 Å². The van der Waals surface area contributed by atoms with E-state index in [2.05, 4.69) is 48.3 Å². The van der Waals surface area contributed by atoms with Crippen LogP contribution in [0, 0.1) is 0 Å². The Hall–Kier alpha value is -1.02. The first kappa shape index (κ1) is 12.0. The maximum absolute atomic E-state index is 3.68. The molecule has 1 aromatic carbocycles. The summed E-state index contributed by atoms with van der Waals surface area (Å²) in [5, 5.41) is 3.68. The zero-order valence-corrected chi connectivity index (χ0v) is 11.6. The molecule has 1 aromatic rings. The summed E-state index contributed by atoms with van der Waals surface area (Å²) in [6.45, 7) is 8.26. The molecule has 2 aliphatic rings. The minimum absolute atomic E-state index is 0.313. The van der Waals surface area contributed by atoms with Crippen molar-refractivity contribution in [3.8, 4) is 0 Å². The lowest BCUT2D eigenvalue weighted by Gasteiger charge is -2.39. The second kappa shape index (κ2) is 4.58. The Labute approximate surface area is 110 Å². The molecule has 18 heavy (non-hydrogen) atoms. The van der Waals surface area contributed by atoms with Crippen molar-refractivity contribution in [3.05, 3.63) is 29.8 Å². The fourth-order valence-corrected chi connectivity index (χ4v) is 3.50. The van der Waals surface area contributed by atoms with Gasteiger partial charge in [-0.25, -0.2) is 0 Å². The van der Waals surface area contributed by atoms with Crippen LogP contribution >= 0.6 is 0 Å². The van der Waals surface area contributed by atoms with Crippen LogP contribution in [-0.4, -0.2) is 25.2 Å². The van der Waals surface area contributed by atoms with Crippen LogP contribution in [0.15, 0.2) is 24.3 Å². The maximum Gasteiger partial charge on any atom is 0.0402 e. The van der Waals surface area contributed by atoms with Gasteiger partial charge in [-0.1, -0.05) is 25.1 Å². The molecule has 2 atom stereocenters. The molecule has 0 radical (unpaired) electrons. The van der Waals surface area contributed by atoms with Crippen LogP contribution < -0.4 is 10.2 Å². The van der Waals surface area contributed by atoms with E-state index in [9.17, 15) is 0 Å². The van der Waals surface area contributed by atoms with E-state index in [1.54, 1.807) is 0 Å². The first-order chi connectivity index (χ1) is 8.68.